The summed E-state index contributed by atoms with van der Waals surface area (Å²) in [4.78, 5) is 17.1. The van der Waals surface area contributed by atoms with Gasteiger partial charge < -0.3 is 9.52 Å². The van der Waals surface area contributed by atoms with Crippen LogP contribution in [0.4, 0.5) is 0 Å². The minimum atomic E-state index is -0.807. The third-order valence-corrected chi connectivity index (χ3v) is 3.08. The lowest BCUT2D eigenvalue weighted by atomic mass is 10.3. The molecule has 0 atom stereocenters. The first-order valence-electron chi connectivity index (χ1n) is 6.02. The second-order valence-corrected chi connectivity index (χ2v) is 4.61. The molecule has 1 aromatic carbocycles. The lowest BCUT2D eigenvalue weighted by Gasteiger charge is -2.16. The number of hydrogen-bond donors (Lipinski definition) is 1. The number of aromatic nitrogens is 1. The molecule has 94 valence electrons. The lowest BCUT2D eigenvalue weighted by molar-refractivity contribution is -0.138. The first-order chi connectivity index (χ1) is 8.72. The van der Waals surface area contributed by atoms with Crippen molar-refractivity contribution in [1.29, 1.82) is 0 Å². The van der Waals surface area contributed by atoms with Crippen LogP contribution in [0.15, 0.2) is 28.7 Å². The molecule has 1 saturated carbocycles. The summed E-state index contributed by atoms with van der Waals surface area (Å²) in [5.41, 5.74) is 1.57. The van der Waals surface area contributed by atoms with Crippen LogP contribution in [0.5, 0.6) is 0 Å². The summed E-state index contributed by atoms with van der Waals surface area (Å²) in [5.74, 6) is -0.220. The molecule has 1 aliphatic carbocycles. The van der Waals surface area contributed by atoms with Crippen molar-refractivity contribution in [2.75, 3.05) is 6.54 Å². The zero-order valence-corrected chi connectivity index (χ0v) is 9.87. The molecule has 0 saturated heterocycles. The standard InChI is InChI=1S/C13H14N2O3/c16-13(17)8-15(9-5-6-9)7-12-14-10-3-1-2-4-11(10)18-12/h1-4,9H,5-8H2,(H,16,17). The predicted molar refractivity (Wildman–Crippen MR) is 65.1 cm³/mol. The second kappa shape index (κ2) is 4.42. The van der Waals surface area contributed by atoms with E-state index in [-0.39, 0.29) is 6.54 Å². The van der Waals surface area contributed by atoms with Crippen LogP contribution in [0.3, 0.4) is 0 Å². The van der Waals surface area contributed by atoms with Crippen molar-refractivity contribution in [3.8, 4) is 0 Å². The van der Waals surface area contributed by atoms with Gasteiger partial charge >= 0.3 is 5.97 Å². The number of para-hydroxylation sites is 2. The quantitative estimate of drug-likeness (QED) is 0.872. The number of hydrogen-bond acceptors (Lipinski definition) is 4. The van der Waals surface area contributed by atoms with Crippen molar-refractivity contribution in [2.24, 2.45) is 0 Å². The molecule has 1 heterocycles. The Balaban J connectivity index is 1.78. The molecule has 3 rings (SSSR count). The zero-order chi connectivity index (χ0) is 12.5. The summed E-state index contributed by atoms with van der Waals surface area (Å²) >= 11 is 0. The zero-order valence-electron chi connectivity index (χ0n) is 9.87. The van der Waals surface area contributed by atoms with Crippen LogP contribution in [-0.4, -0.2) is 33.5 Å². The van der Waals surface area contributed by atoms with Gasteiger partial charge in [0, 0.05) is 6.04 Å². The Morgan fingerprint density at radius 3 is 2.89 bits per heavy atom. The van der Waals surface area contributed by atoms with Gasteiger partial charge in [0.25, 0.3) is 0 Å². The van der Waals surface area contributed by atoms with E-state index in [9.17, 15) is 4.79 Å². The van der Waals surface area contributed by atoms with E-state index >= 15 is 0 Å². The molecule has 0 unspecified atom stereocenters. The van der Waals surface area contributed by atoms with Crippen LogP contribution in [0.25, 0.3) is 11.1 Å². The third kappa shape index (κ3) is 2.36. The predicted octanol–water partition coefficient (Wildman–Crippen LogP) is 1.88. The molecule has 5 nitrogen and oxygen atoms in total. The maximum Gasteiger partial charge on any atom is 0.317 e. The van der Waals surface area contributed by atoms with Gasteiger partial charge in [-0.25, -0.2) is 4.98 Å². The van der Waals surface area contributed by atoms with E-state index in [0.29, 0.717) is 18.5 Å². The largest absolute Gasteiger partial charge is 0.480 e. The minimum absolute atomic E-state index is 0.0450. The van der Waals surface area contributed by atoms with Crippen molar-refractivity contribution in [2.45, 2.75) is 25.4 Å². The van der Waals surface area contributed by atoms with Gasteiger partial charge in [-0.05, 0) is 25.0 Å². The molecule has 1 aliphatic rings. The van der Waals surface area contributed by atoms with E-state index in [0.717, 1.165) is 23.9 Å². The highest BCUT2D eigenvalue weighted by atomic mass is 16.4. The number of aliphatic carboxylic acids is 1. The molecule has 0 radical (unpaired) electrons. The first-order valence-corrected chi connectivity index (χ1v) is 6.02. The topological polar surface area (TPSA) is 66.6 Å². The maximum absolute atomic E-state index is 10.8. The minimum Gasteiger partial charge on any atom is -0.480 e. The fourth-order valence-electron chi connectivity index (χ4n) is 2.09. The van der Waals surface area contributed by atoms with Crippen LogP contribution in [0.2, 0.25) is 0 Å². The van der Waals surface area contributed by atoms with Crippen LogP contribution in [0.1, 0.15) is 18.7 Å². The van der Waals surface area contributed by atoms with Crippen molar-refractivity contribution in [3.05, 3.63) is 30.2 Å². The summed E-state index contributed by atoms with van der Waals surface area (Å²) < 4.78 is 5.61. The van der Waals surface area contributed by atoms with E-state index in [1.165, 1.54) is 0 Å². The van der Waals surface area contributed by atoms with Crippen LogP contribution in [0, 0.1) is 0 Å². The number of carboxylic acids is 1. The molecule has 0 spiro atoms. The van der Waals surface area contributed by atoms with Crippen molar-refractivity contribution < 1.29 is 14.3 Å². The molecule has 0 aliphatic heterocycles. The molecule has 1 N–H and O–H groups in total. The van der Waals surface area contributed by atoms with Crippen molar-refractivity contribution in [1.82, 2.24) is 9.88 Å². The van der Waals surface area contributed by atoms with Gasteiger partial charge in [-0.3, -0.25) is 9.69 Å². The number of benzene rings is 1. The second-order valence-electron chi connectivity index (χ2n) is 4.61. The monoisotopic (exact) mass is 246 g/mol. The Hall–Kier alpha value is -1.88. The lowest BCUT2D eigenvalue weighted by Crippen LogP contribution is -2.31. The molecular weight excluding hydrogens is 232 g/mol. The van der Waals surface area contributed by atoms with Gasteiger partial charge in [0.1, 0.15) is 5.52 Å². The van der Waals surface area contributed by atoms with E-state index < -0.39 is 5.97 Å². The fraction of sp³-hybridized carbons (Fsp3) is 0.385. The summed E-state index contributed by atoms with van der Waals surface area (Å²) in [7, 11) is 0. The molecule has 5 heteroatoms. The molecule has 18 heavy (non-hydrogen) atoms. The first kappa shape index (κ1) is 11.2. The summed E-state index contributed by atoms with van der Waals surface area (Å²) in [6.45, 7) is 0.509. The summed E-state index contributed by atoms with van der Waals surface area (Å²) in [6, 6.07) is 7.93. The van der Waals surface area contributed by atoms with Gasteiger partial charge in [0.15, 0.2) is 5.58 Å². The van der Waals surface area contributed by atoms with E-state index in [1.54, 1.807) is 0 Å². The van der Waals surface area contributed by atoms with Gasteiger partial charge in [0.2, 0.25) is 5.89 Å². The molecule has 1 aromatic heterocycles. The molecule has 0 bridgehead atoms. The van der Waals surface area contributed by atoms with E-state index in [4.69, 9.17) is 9.52 Å². The SMILES string of the molecule is O=C(O)CN(Cc1nc2ccccc2o1)C1CC1. The van der Waals surface area contributed by atoms with Gasteiger partial charge in [-0.1, -0.05) is 12.1 Å². The smallest absolute Gasteiger partial charge is 0.317 e. The number of carbonyl (C=O) groups is 1. The van der Waals surface area contributed by atoms with Crippen LogP contribution < -0.4 is 0 Å². The van der Waals surface area contributed by atoms with E-state index in [1.807, 2.05) is 29.2 Å². The molecule has 2 aromatic rings. The molecular formula is C13H14N2O3. The summed E-state index contributed by atoms with van der Waals surface area (Å²) in [6.07, 6.45) is 2.13. The number of rotatable bonds is 5. The molecule has 1 fully saturated rings. The average Bonchev–Trinajstić information content (AvgIpc) is 3.08. The number of carboxylic acid groups (broad SMARTS) is 1. The number of fused-ring (bicyclic) bond motifs is 1. The number of nitrogens with zero attached hydrogens (tertiary/aromatic N) is 2. The highest BCUT2D eigenvalue weighted by Gasteiger charge is 2.31. The highest BCUT2D eigenvalue weighted by Crippen LogP contribution is 2.28. The van der Waals surface area contributed by atoms with Gasteiger partial charge in [-0.2, -0.15) is 0 Å². The Morgan fingerprint density at radius 1 is 1.44 bits per heavy atom. The Morgan fingerprint density at radius 2 is 2.22 bits per heavy atom. The van der Waals surface area contributed by atoms with Crippen molar-refractivity contribution >= 4 is 17.1 Å². The fourth-order valence-corrected chi connectivity index (χ4v) is 2.09. The van der Waals surface area contributed by atoms with Crippen LogP contribution in [-0.2, 0) is 11.3 Å². The Kier molecular flexibility index (Phi) is 2.76. The third-order valence-electron chi connectivity index (χ3n) is 3.08. The number of oxazole rings is 1. The summed E-state index contributed by atoms with van der Waals surface area (Å²) in [5, 5.41) is 8.89. The average molecular weight is 246 g/mol. The Labute approximate surface area is 104 Å². The maximum atomic E-state index is 10.8. The Bertz CT molecular complexity index is 541. The van der Waals surface area contributed by atoms with Crippen molar-refractivity contribution in [3.63, 3.8) is 0 Å². The normalized spacial score (nSPS) is 15.4. The van der Waals surface area contributed by atoms with Crippen LogP contribution >= 0.6 is 0 Å². The van der Waals surface area contributed by atoms with Gasteiger partial charge in [-0.15, -0.1) is 0 Å². The molecule has 0 amide bonds. The van der Waals surface area contributed by atoms with Gasteiger partial charge in [0.05, 0.1) is 13.1 Å². The van der Waals surface area contributed by atoms with E-state index in [2.05, 4.69) is 4.98 Å². The highest BCUT2D eigenvalue weighted by molar-refractivity contribution is 5.72.